The second-order valence-electron chi connectivity index (χ2n) is 12.6. The van der Waals surface area contributed by atoms with Gasteiger partial charge >= 0.3 is 5.97 Å². The molecule has 4 aromatic carbocycles. The van der Waals surface area contributed by atoms with Crippen LogP contribution < -0.4 is 16.0 Å². The first-order valence-corrected chi connectivity index (χ1v) is 17.3. The van der Waals surface area contributed by atoms with Gasteiger partial charge in [0.25, 0.3) is 5.91 Å². The van der Waals surface area contributed by atoms with Crippen LogP contribution in [0.25, 0.3) is 10.8 Å². The third kappa shape index (κ3) is 12.4. The quantitative estimate of drug-likeness (QED) is 0.0672. The molecule has 0 unspecified atom stereocenters. The number of esters is 1. The maximum Gasteiger partial charge on any atom is 0.309 e. The molecule has 0 aliphatic carbocycles. The van der Waals surface area contributed by atoms with Gasteiger partial charge in [0.2, 0.25) is 11.8 Å². The Balaban J connectivity index is 1.48. The van der Waals surface area contributed by atoms with Crippen LogP contribution in [-0.4, -0.2) is 54.1 Å². The molecule has 51 heavy (non-hydrogen) atoms. The van der Waals surface area contributed by atoms with Gasteiger partial charge in [-0.1, -0.05) is 103 Å². The number of rotatable bonds is 20. The predicted molar refractivity (Wildman–Crippen MR) is 201 cm³/mol. The van der Waals surface area contributed by atoms with Crippen LogP contribution in [0, 0.1) is 11.8 Å². The number of amides is 3. The van der Waals surface area contributed by atoms with Crippen LogP contribution in [-0.2, 0) is 36.8 Å². The highest BCUT2D eigenvalue weighted by molar-refractivity contribution is 5.99. The zero-order valence-corrected chi connectivity index (χ0v) is 28.8. The number of hydrogen-bond donors (Lipinski definition) is 4. The van der Waals surface area contributed by atoms with E-state index in [1.54, 1.807) is 12.1 Å². The van der Waals surface area contributed by atoms with Gasteiger partial charge in [-0.2, -0.15) is 0 Å². The first-order valence-electron chi connectivity index (χ1n) is 17.3. The number of aliphatic hydroxyl groups is 1. The van der Waals surface area contributed by atoms with Gasteiger partial charge in [-0.15, -0.1) is 13.2 Å². The van der Waals surface area contributed by atoms with Gasteiger partial charge in [0.05, 0.1) is 24.5 Å². The number of hydrogen-bond acceptors (Lipinski definition) is 6. The summed E-state index contributed by atoms with van der Waals surface area (Å²) in [5, 5.41) is 20.2. The molecule has 0 saturated heterocycles. The van der Waals surface area contributed by atoms with E-state index < -0.39 is 54.2 Å². The number of anilines is 1. The summed E-state index contributed by atoms with van der Waals surface area (Å²) in [6, 6.07) is 30.4. The standard InChI is InChI=1S/C42H47N3O6/c1-3-5-19-35(24-30-15-8-6-9-16-30)42(50)51-29-38(41(49)44-36-23-22-32-20-12-13-21-33(32)26-36)45-40(48)34(14-4-2)27-39(47)43-37(28-46)25-31-17-10-7-11-18-31/h3-4,6-13,15-18,20-23,26,34-35,37-38,46H,1-2,5,14,19,24-25,27-29H2,(H,43,47)(H,44,49)(H,45,48)/t34-,35-,37+,38+/m1/s1. The molecule has 0 aliphatic heterocycles. The first kappa shape index (κ1) is 38.3. The van der Waals surface area contributed by atoms with Crippen molar-refractivity contribution >= 4 is 40.2 Å². The molecule has 9 heteroatoms. The monoisotopic (exact) mass is 689 g/mol. The molecule has 0 aromatic heterocycles. The van der Waals surface area contributed by atoms with Crippen molar-refractivity contribution in [1.82, 2.24) is 10.6 Å². The lowest BCUT2D eigenvalue weighted by atomic mass is 9.95. The Morgan fingerprint density at radius 3 is 2.02 bits per heavy atom. The maximum absolute atomic E-state index is 13.7. The molecule has 0 fully saturated rings. The molecule has 4 rings (SSSR count). The fraction of sp³-hybridized carbons (Fsp3) is 0.286. The van der Waals surface area contributed by atoms with Gasteiger partial charge in [0.15, 0.2) is 0 Å². The summed E-state index contributed by atoms with van der Waals surface area (Å²) >= 11 is 0. The van der Waals surface area contributed by atoms with Crippen LogP contribution >= 0.6 is 0 Å². The number of carbonyl (C=O) groups is 4. The lowest BCUT2D eigenvalue weighted by Gasteiger charge is -2.24. The number of aliphatic hydroxyl groups excluding tert-OH is 1. The van der Waals surface area contributed by atoms with Gasteiger partial charge in [-0.3, -0.25) is 19.2 Å². The average Bonchev–Trinajstić information content (AvgIpc) is 3.15. The van der Waals surface area contributed by atoms with Crippen molar-refractivity contribution in [2.75, 3.05) is 18.5 Å². The normalized spacial score (nSPS) is 13.2. The lowest BCUT2D eigenvalue weighted by Crippen LogP contribution is -2.50. The van der Waals surface area contributed by atoms with Crippen molar-refractivity contribution in [2.24, 2.45) is 11.8 Å². The number of fused-ring (bicyclic) bond motifs is 1. The molecule has 0 saturated carbocycles. The van der Waals surface area contributed by atoms with Crippen molar-refractivity contribution in [3.8, 4) is 0 Å². The van der Waals surface area contributed by atoms with Crippen LogP contribution in [0.3, 0.4) is 0 Å². The van der Waals surface area contributed by atoms with Crippen molar-refractivity contribution < 1.29 is 29.0 Å². The molecule has 0 radical (unpaired) electrons. The van der Waals surface area contributed by atoms with E-state index in [1.165, 1.54) is 6.08 Å². The van der Waals surface area contributed by atoms with E-state index in [-0.39, 0.29) is 19.4 Å². The molecule has 0 heterocycles. The van der Waals surface area contributed by atoms with Crippen LogP contribution in [0.1, 0.15) is 36.8 Å². The van der Waals surface area contributed by atoms with E-state index >= 15 is 0 Å². The first-order chi connectivity index (χ1) is 24.8. The SMILES string of the molecule is C=CCC[C@H](Cc1ccccc1)C(=O)OC[C@H](NC(=O)[C@H](CC=C)CC(=O)N[C@H](CO)Cc1ccccc1)C(=O)Nc1ccc2ccccc2c1. The van der Waals surface area contributed by atoms with Crippen molar-refractivity contribution in [1.29, 1.82) is 0 Å². The smallest absolute Gasteiger partial charge is 0.309 e. The van der Waals surface area contributed by atoms with Crippen LogP contribution in [0.15, 0.2) is 128 Å². The van der Waals surface area contributed by atoms with Gasteiger partial charge in [0.1, 0.15) is 12.6 Å². The molecule has 4 atom stereocenters. The lowest BCUT2D eigenvalue weighted by molar-refractivity contribution is -0.150. The third-order valence-electron chi connectivity index (χ3n) is 8.58. The Kier molecular flexibility index (Phi) is 15.2. The molecule has 4 N–H and O–H groups in total. The number of allylic oxidation sites excluding steroid dienone is 2. The number of carbonyl (C=O) groups excluding carboxylic acids is 4. The molecule has 4 aromatic rings. The third-order valence-corrected chi connectivity index (χ3v) is 8.58. The number of ether oxygens (including phenoxy) is 1. The van der Waals surface area contributed by atoms with Crippen molar-refractivity contribution in [3.05, 3.63) is 140 Å². The van der Waals surface area contributed by atoms with E-state index in [0.717, 1.165) is 21.9 Å². The summed E-state index contributed by atoms with van der Waals surface area (Å²) in [4.78, 5) is 54.0. The van der Waals surface area contributed by atoms with Gasteiger partial charge in [-0.25, -0.2) is 0 Å². The number of benzene rings is 4. The summed E-state index contributed by atoms with van der Waals surface area (Å²) in [5.74, 6) is -3.44. The van der Waals surface area contributed by atoms with Crippen molar-refractivity contribution in [2.45, 2.75) is 50.6 Å². The average molecular weight is 690 g/mol. The van der Waals surface area contributed by atoms with E-state index in [4.69, 9.17) is 4.74 Å². The van der Waals surface area contributed by atoms with Crippen LogP contribution in [0.5, 0.6) is 0 Å². The molecule has 266 valence electrons. The van der Waals surface area contributed by atoms with Gasteiger partial charge < -0.3 is 25.8 Å². The minimum absolute atomic E-state index is 0.154. The van der Waals surface area contributed by atoms with E-state index in [9.17, 15) is 24.3 Å². The Morgan fingerprint density at radius 2 is 1.37 bits per heavy atom. The van der Waals surface area contributed by atoms with Crippen LogP contribution in [0.4, 0.5) is 5.69 Å². The summed E-state index contributed by atoms with van der Waals surface area (Å²) in [6.45, 7) is 6.83. The Hall–Kier alpha value is -5.54. The summed E-state index contributed by atoms with van der Waals surface area (Å²) in [5.41, 5.74) is 2.43. The van der Waals surface area contributed by atoms with E-state index in [1.807, 2.05) is 97.1 Å². The predicted octanol–water partition coefficient (Wildman–Crippen LogP) is 5.93. The molecule has 0 bridgehead atoms. The van der Waals surface area contributed by atoms with Crippen LogP contribution in [0.2, 0.25) is 0 Å². The minimum Gasteiger partial charge on any atom is -0.463 e. The Bertz CT molecular complexity index is 1760. The molecule has 3 amide bonds. The Labute approximate surface area is 299 Å². The Morgan fingerprint density at radius 1 is 0.725 bits per heavy atom. The molecule has 9 nitrogen and oxygen atoms in total. The van der Waals surface area contributed by atoms with Crippen molar-refractivity contribution in [3.63, 3.8) is 0 Å². The summed E-state index contributed by atoms with van der Waals surface area (Å²) in [7, 11) is 0. The fourth-order valence-electron chi connectivity index (χ4n) is 5.83. The summed E-state index contributed by atoms with van der Waals surface area (Å²) in [6.07, 6.45) is 5.19. The fourth-order valence-corrected chi connectivity index (χ4v) is 5.83. The zero-order chi connectivity index (χ0) is 36.4. The summed E-state index contributed by atoms with van der Waals surface area (Å²) < 4.78 is 5.73. The highest BCUT2D eigenvalue weighted by Crippen LogP contribution is 2.20. The number of nitrogens with one attached hydrogen (secondary N) is 3. The highest BCUT2D eigenvalue weighted by atomic mass is 16.5. The zero-order valence-electron chi connectivity index (χ0n) is 28.8. The maximum atomic E-state index is 13.7. The topological polar surface area (TPSA) is 134 Å². The largest absolute Gasteiger partial charge is 0.463 e. The second-order valence-corrected chi connectivity index (χ2v) is 12.6. The minimum atomic E-state index is -1.26. The molecular weight excluding hydrogens is 642 g/mol. The molecule has 0 spiro atoms. The molecule has 0 aliphatic rings. The van der Waals surface area contributed by atoms with E-state index in [0.29, 0.717) is 31.4 Å². The van der Waals surface area contributed by atoms with E-state index in [2.05, 4.69) is 29.1 Å². The van der Waals surface area contributed by atoms with Gasteiger partial charge in [-0.05, 0) is 66.1 Å². The van der Waals surface area contributed by atoms with Gasteiger partial charge in [0, 0.05) is 12.1 Å². The second kappa shape index (κ2) is 20.2. The highest BCUT2D eigenvalue weighted by Gasteiger charge is 2.30. The molecular formula is C42H47N3O6.